The Morgan fingerprint density at radius 3 is 3.04 bits per heavy atom. The first-order chi connectivity index (χ1) is 12.2. The second-order valence-corrected chi connectivity index (χ2v) is 5.42. The van der Waals surface area contributed by atoms with E-state index in [1.165, 1.54) is 10.6 Å². The summed E-state index contributed by atoms with van der Waals surface area (Å²) in [5.41, 5.74) is 1.08. The molecule has 9 nitrogen and oxygen atoms in total. The third kappa shape index (κ3) is 2.61. The lowest BCUT2D eigenvalue weighted by atomic mass is 10.2. The summed E-state index contributed by atoms with van der Waals surface area (Å²) < 4.78 is 6.71. The van der Waals surface area contributed by atoms with Crippen LogP contribution >= 0.6 is 0 Å². The molecule has 25 heavy (non-hydrogen) atoms. The Morgan fingerprint density at radius 2 is 2.20 bits per heavy atom. The first kappa shape index (κ1) is 14.9. The molecule has 3 N–H and O–H groups in total. The van der Waals surface area contributed by atoms with Crippen molar-refractivity contribution in [2.24, 2.45) is 0 Å². The van der Waals surface area contributed by atoms with E-state index in [0.717, 1.165) is 10.9 Å². The predicted octanol–water partition coefficient (Wildman–Crippen LogP) is 0.837. The van der Waals surface area contributed by atoms with Crippen LogP contribution in [0.15, 0.2) is 41.5 Å². The van der Waals surface area contributed by atoms with Gasteiger partial charge in [0.15, 0.2) is 5.82 Å². The number of fused-ring (bicyclic) bond motifs is 2. The molecular formula is C16H14N6O3. The Labute approximate surface area is 140 Å². The Bertz CT molecular complexity index is 1140. The second-order valence-electron chi connectivity index (χ2n) is 5.42. The van der Waals surface area contributed by atoms with Crippen LogP contribution in [0.5, 0.6) is 5.75 Å². The smallest absolute Gasteiger partial charge is 0.293 e. The average Bonchev–Trinajstić information content (AvgIpc) is 3.23. The average molecular weight is 338 g/mol. The van der Waals surface area contributed by atoms with Gasteiger partial charge in [0, 0.05) is 29.4 Å². The molecule has 0 aliphatic carbocycles. The summed E-state index contributed by atoms with van der Waals surface area (Å²) in [4.78, 5) is 29.6. The first-order valence-electron chi connectivity index (χ1n) is 7.52. The summed E-state index contributed by atoms with van der Waals surface area (Å²) in [5, 5.41) is 11.4. The van der Waals surface area contributed by atoms with Crippen molar-refractivity contribution in [2.45, 2.75) is 6.54 Å². The quantitative estimate of drug-likeness (QED) is 0.510. The first-order valence-corrected chi connectivity index (χ1v) is 7.52. The number of nitrogens with one attached hydrogen (secondary N) is 3. The molecule has 0 saturated heterocycles. The van der Waals surface area contributed by atoms with Crippen LogP contribution < -0.4 is 15.6 Å². The summed E-state index contributed by atoms with van der Waals surface area (Å²) in [6.07, 6.45) is 3.13. The lowest BCUT2D eigenvalue weighted by Crippen LogP contribution is -2.24. The molecule has 1 aromatic carbocycles. The summed E-state index contributed by atoms with van der Waals surface area (Å²) >= 11 is 0. The van der Waals surface area contributed by atoms with E-state index in [-0.39, 0.29) is 23.7 Å². The van der Waals surface area contributed by atoms with Gasteiger partial charge in [0.25, 0.3) is 11.5 Å². The van der Waals surface area contributed by atoms with Crippen molar-refractivity contribution in [3.63, 3.8) is 0 Å². The Hall–Kier alpha value is -3.62. The number of ether oxygens (including phenoxy) is 1. The molecule has 126 valence electrons. The topological polar surface area (TPSA) is 117 Å². The standard InChI is InChI=1S/C16H14N6O3/c1-25-10-3-2-9-6-12(19-11(9)7-10)15(23)18-8-13-20-21-14-16(24)17-4-5-22(13)14/h2-7,19H,8H2,1H3,(H,17,24)(H,18,23). The van der Waals surface area contributed by atoms with Crippen LogP contribution in [0.1, 0.15) is 16.3 Å². The third-order valence-corrected chi connectivity index (χ3v) is 3.89. The molecule has 4 rings (SSSR count). The van der Waals surface area contributed by atoms with Crippen LogP contribution in [-0.4, -0.2) is 37.6 Å². The number of carbonyl (C=O) groups is 1. The van der Waals surface area contributed by atoms with Gasteiger partial charge in [0.1, 0.15) is 11.4 Å². The van der Waals surface area contributed by atoms with Crippen molar-refractivity contribution in [2.75, 3.05) is 7.11 Å². The van der Waals surface area contributed by atoms with Gasteiger partial charge in [0.2, 0.25) is 5.65 Å². The van der Waals surface area contributed by atoms with E-state index in [1.54, 1.807) is 19.4 Å². The van der Waals surface area contributed by atoms with Crippen LogP contribution in [0.3, 0.4) is 0 Å². The normalized spacial score (nSPS) is 11.1. The maximum Gasteiger partial charge on any atom is 0.293 e. The zero-order chi connectivity index (χ0) is 17.4. The Kier molecular flexibility index (Phi) is 3.46. The monoisotopic (exact) mass is 338 g/mol. The number of hydrogen-bond acceptors (Lipinski definition) is 5. The van der Waals surface area contributed by atoms with Crippen molar-refractivity contribution in [3.8, 4) is 5.75 Å². The van der Waals surface area contributed by atoms with Crippen LogP contribution in [0.2, 0.25) is 0 Å². The summed E-state index contributed by atoms with van der Waals surface area (Å²) in [7, 11) is 1.59. The van der Waals surface area contributed by atoms with Gasteiger partial charge in [-0.25, -0.2) is 0 Å². The molecule has 0 radical (unpaired) electrons. The molecule has 3 heterocycles. The van der Waals surface area contributed by atoms with Crippen molar-refractivity contribution >= 4 is 22.5 Å². The van der Waals surface area contributed by atoms with Crippen LogP contribution in [0, 0.1) is 0 Å². The van der Waals surface area contributed by atoms with E-state index >= 15 is 0 Å². The van der Waals surface area contributed by atoms with Crippen LogP contribution in [0.4, 0.5) is 0 Å². The Morgan fingerprint density at radius 1 is 1.32 bits per heavy atom. The number of hydrogen-bond donors (Lipinski definition) is 3. The van der Waals surface area contributed by atoms with Gasteiger partial charge in [-0.2, -0.15) is 0 Å². The number of aromatic nitrogens is 5. The van der Waals surface area contributed by atoms with E-state index in [2.05, 4.69) is 25.5 Å². The number of aromatic amines is 2. The number of nitrogens with zero attached hydrogens (tertiary/aromatic N) is 3. The van der Waals surface area contributed by atoms with E-state index in [0.29, 0.717) is 17.3 Å². The molecule has 0 aliphatic heterocycles. The molecule has 0 bridgehead atoms. The molecular weight excluding hydrogens is 324 g/mol. The molecule has 4 aromatic rings. The van der Waals surface area contributed by atoms with Gasteiger partial charge in [-0.15, -0.1) is 10.2 Å². The van der Waals surface area contributed by atoms with Gasteiger partial charge >= 0.3 is 0 Å². The highest BCUT2D eigenvalue weighted by Gasteiger charge is 2.12. The third-order valence-electron chi connectivity index (χ3n) is 3.89. The zero-order valence-corrected chi connectivity index (χ0v) is 13.2. The van der Waals surface area contributed by atoms with E-state index < -0.39 is 0 Å². The maximum atomic E-state index is 12.4. The second kappa shape index (κ2) is 5.78. The van der Waals surface area contributed by atoms with Gasteiger partial charge < -0.3 is 20.0 Å². The fraction of sp³-hybridized carbons (Fsp3) is 0.125. The minimum atomic E-state index is -0.336. The lowest BCUT2D eigenvalue weighted by Gasteiger charge is -2.02. The number of methoxy groups -OCH3 is 1. The number of benzene rings is 1. The van der Waals surface area contributed by atoms with Crippen molar-refractivity contribution in [1.82, 2.24) is 29.9 Å². The minimum Gasteiger partial charge on any atom is -0.497 e. The highest BCUT2D eigenvalue weighted by atomic mass is 16.5. The minimum absolute atomic E-state index is 0.141. The maximum absolute atomic E-state index is 12.4. The molecule has 1 amide bonds. The highest BCUT2D eigenvalue weighted by molar-refractivity contribution is 5.98. The zero-order valence-electron chi connectivity index (χ0n) is 13.2. The van der Waals surface area contributed by atoms with Crippen molar-refractivity contribution in [1.29, 1.82) is 0 Å². The molecule has 9 heteroatoms. The summed E-state index contributed by atoms with van der Waals surface area (Å²) in [6.45, 7) is 0.141. The molecule has 0 saturated carbocycles. The van der Waals surface area contributed by atoms with E-state index in [9.17, 15) is 9.59 Å². The highest BCUT2D eigenvalue weighted by Crippen LogP contribution is 2.21. The number of carbonyl (C=O) groups excluding carboxylic acids is 1. The van der Waals surface area contributed by atoms with Gasteiger partial charge in [-0.05, 0) is 18.2 Å². The predicted molar refractivity (Wildman–Crippen MR) is 89.6 cm³/mol. The summed E-state index contributed by atoms with van der Waals surface area (Å²) in [6, 6.07) is 7.29. The SMILES string of the molecule is COc1ccc2cc(C(=O)NCc3nnc4c(=O)[nH]ccn34)[nH]c2c1. The van der Waals surface area contributed by atoms with Gasteiger partial charge in [0.05, 0.1) is 13.7 Å². The Balaban J connectivity index is 1.55. The number of amides is 1. The fourth-order valence-corrected chi connectivity index (χ4v) is 2.62. The van der Waals surface area contributed by atoms with Crippen molar-refractivity contribution in [3.05, 3.63) is 58.5 Å². The fourth-order valence-electron chi connectivity index (χ4n) is 2.62. The molecule has 0 aliphatic rings. The van der Waals surface area contributed by atoms with E-state index in [4.69, 9.17) is 4.74 Å². The molecule has 0 spiro atoms. The number of rotatable bonds is 4. The number of H-pyrrole nitrogens is 2. The van der Waals surface area contributed by atoms with Gasteiger partial charge in [-0.1, -0.05) is 0 Å². The van der Waals surface area contributed by atoms with Crippen molar-refractivity contribution < 1.29 is 9.53 Å². The van der Waals surface area contributed by atoms with E-state index in [1.807, 2.05) is 18.2 Å². The largest absolute Gasteiger partial charge is 0.497 e. The molecule has 0 fully saturated rings. The van der Waals surface area contributed by atoms with Crippen LogP contribution in [0.25, 0.3) is 16.6 Å². The molecule has 0 unspecified atom stereocenters. The lowest BCUT2D eigenvalue weighted by molar-refractivity contribution is 0.0945. The van der Waals surface area contributed by atoms with Gasteiger partial charge in [-0.3, -0.25) is 14.0 Å². The molecule has 0 atom stereocenters. The summed E-state index contributed by atoms with van der Waals surface area (Å²) in [5.74, 6) is 0.894. The molecule has 3 aromatic heterocycles. The van der Waals surface area contributed by atoms with Crippen LogP contribution in [-0.2, 0) is 6.54 Å².